The summed E-state index contributed by atoms with van der Waals surface area (Å²) in [5, 5.41) is 0. The number of rotatable bonds is 6. The molecule has 5 nitrogen and oxygen atoms in total. The Balaban J connectivity index is 1.03. The zero-order chi connectivity index (χ0) is 25.1. The van der Waals surface area contributed by atoms with E-state index in [9.17, 15) is 14.4 Å². The highest BCUT2D eigenvalue weighted by atomic mass is 32.2. The molecule has 7 rings (SSSR count). The van der Waals surface area contributed by atoms with Crippen molar-refractivity contribution in [2.45, 2.75) is 48.8 Å². The number of hydrogen-bond acceptors (Lipinski definition) is 6. The van der Waals surface area contributed by atoms with Crippen LogP contribution in [0.2, 0.25) is 0 Å². The van der Waals surface area contributed by atoms with Crippen molar-refractivity contribution in [1.29, 1.82) is 0 Å². The highest BCUT2D eigenvalue weighted by Gasteiger charge is 2.59. The van der Waals surface area contributed by atoms with Crippen molar-refractivity contribution in [1.82, 2.24) is 4.98 Å². The molecule has 3 aliphatic carbocycles. The lowest BCUT2D eigenvalue weighted by atomic mass is 9.84. The Morgan fingerprint density at radius 2 is 1.65 bits per heavy atom. The molecule has 3 fully saturated rings. The Morgan fingerprint density at radius 3 is 2.35 bits per heavy atom. The molecule has 1 aliphatic heterocycles. The average molecular weight is 529 g/mol. The van der Waals surface area contributed by atoms with Gasteiger partial charge in [-0.1, -0.05) is 67.4 Å². The minimum atomic E-state index is -0.200. The number of hydrogen-bond donors (Lipinski definition) is 0. The van der Waals surface area contributed by atoms with E-state index in [2.05, 4.69) is 29.3 Å². The Bertz CT molecular complexity index is 1410. The predicted molar refractivity (Wildman–Crippen MR) is 147 cm³/mol. The van der Waals surface area contributed by atoms with E-state index in [4.69, 9.17) is 0 Å². The SMILES string of the molecule is O=C(CSc1nc2ccc(N3C(=O)[C@@H]4[C@@H](C3=O)[C@H]3C=C[C@H]4C3)cc2s1)c1ccc(C2CCCCC2)cc1. The molecule has 37 heavy (non-hydrogen) atoms. The van der Waals surface area contributed by atoms with E-state index in [-0.39, 0.29) is 41.3 Å². The third kappa shape index (κ3) is 3.98. The molecule has 2 bridgehead atoms. The molecule has 2 amide bonds. The molecule has 7 heteroatoms. The molecule has 2 saturated carbocycles. The molecule has 2 heterocycles. The summed E-state index contributed by atoms with van der Waals surface area (Å²) in [7, 11) is 0. The number of amides is 2. The van der Waals surface area contributed by atoms with Gasteiger partial charge in [-0.15, -0.1) is 11.3 Å². The minimum absolute atomic E-state index is 0.0644. The molecule has 4 aliphatic rings. The summed E-state index contributed by atoms with van der Waals surface area (Å²) in [6, 6.07) is 13.8. The number of imide groups is 1. The van der Waals surface area contributed by atoms with Crippen LogP contribution >= 0.6 is 23.1 Å². The molecule has 3 aromatic rings. The van der Waals surface area contributed by atoms with Gasteiger partial charge < -0.3 is 0 Å². The topological polar surface area (TPSA) is 67.3 Å². The van der Waals surface area contributed by atoms with Crippen molar-refractivity contribution >= 4 is 56.6 Å². The maximum atomic E-state index is 13.2. The molecule has 0 spiro atoms. The zero-order valence-corrected chi connectivity index (χ0v) is 22.1. The first-order chi connectivity index (χ1) is 18.1. The minimum Gasteiger partial charge on any atom is -0.293 e. The van der Waals surface area contributed by atoms with Crippen molar-refractivity contribution in [2.75, 3.05) is 10.7 Å². The Morgan fingerprint density at radius 1 is 0.946 bits per heavy atom. The molecule has 0 unspecified atom stereocenters. The van der Waals surface area contributed by atoms with E-state index in [0.717, 1.165) is 26.5 Å². The maximum absolute atomic E-state index is 13.2. The molecular weight excluding hydrogens is 500 g/mol. The highest BCUT2D eigenvalue weighted by molar-refractivity contribution is 8.01. The third-order valence-electron chi connectivity index (χ3n) is 8.72. The van der Waals surface area contributed by atoms with Crippen molar-refractivity contribution in [3.8, 4) is 0 Å². The molecule has 1 saturated heterocycles. The van der Waals surface area contributed by atoms with Gasteiger partial charge in [0.25, 0.3) is 0 Å². The van der Waals surface area contributed by atoms with E-state index < -0.39 is 0 Å². The second-order valence-electron chi connectivity index (χ2n) is 10.8. The van der Waals surface area contributed by atoms with E-state index in [1.165, 1.54) is 65.7 Å². The molecule has 0 N–H and O–H groups in total. The van der Waals surface area contributed by atoms with E-state index in [0.29, 0.717) is 17.4 Å². The largest absolute Gasteiger partial charge is 0.293 e. The molecule has 0 radical (unpaired) electrons. The first-order valence-corrected chi connectivity index (χ1v) is 15.1. The fraction of sp³-hybridized carbons (Fsp3) is 0.400. The number of nitrogens with zero attached hydrogens (tertiary/aromatic N) is 2. The first kappa shape index (κ1) is 23.4. The van der Waals surface area contributed by atoms with Crippen LogP contribution in [0, 0.1) is 23.7 Å². The van der Waals surface area contributed by atoms with Crippen molar-refractivity contribution in [3.63, 3.8) is 0 Å². The number of carbonyl (C=O) groups is 3. The monoisotopic (exact) mass is 528 g/mol. The van der Waals surface area contributed by atoms with Crippen molar-refractivity contribution in [2.24, 2.45) is 23.7 Å². The number of fused-ring (bicyclic) bond motifs is 6. The second-order valence-corrected chi connectivity index (χ2v) is 13.1. The number of anilines is 1. The van der Waals surface area contributed by atoms with Crippen LogP contribution in [0.4, 0.5) is 5.69 Å². The van der Waals surface area contributed by atoms with Crippen molar-refractivity contribution < 1.29 is 14.4 Å². The standard InChI is InChI=1S/C30H28N2O3S2/c33-24(19-8-6-18(7-9-19)17-4-2-1-3-5-17)16-36-30-31-23-13-12-22(15-25(23)37-30)32-28(34)26-20-10-11-21(14-20)27(26)29(32)35/h6-13,15,17,20-21,26-27H,1-5,14,16H2/t20-,21-,26-,27-/m0/s1. The van der Waals surface area contributed by atoms with Gasteiger partial charge in [-0.25, -0.2) is 9.88 Å². The number of allylic oxidation sites excluding steroid dienone is 2. The molecule has 1 aromatic heterocycles. The summed E-state index contributed by atoms with van der Waals surface area (Å²) in [5.74, 6) is 0.941. The number of thiazole rings is 1. The van der Waals surface area contributed by atoms with E-state index in [1.54, 1.807) is 0 Å². The molecule has 2 aromatic carbocycles. The van der Waals surface area contributed by atoms with Gasteiger partial charge in [-0.05, 0) is 60.8 Å². The Labute approximate surface area is 224 Å². The lowest BCUT2D eigenvalue weighted by Crippen LogP contribution is -2.32. The molecule has 4 atom stereocenters. The van der Waals surface area contributed by atoms with Gasteiger partial charge in [0.1, 0.15) is 0 Å². The van der Waals surface area contributed by atoms with Gasteiger partial charge in [0.2, 0.25) is 11.8 Å². The van der Waals surface area contributed by atoms with Crippen LogP contribution in [0.1, 0.15) is 60.4 Å². The van der Waals surface area contributed by atoms with Crippen LogP contribution in [-0.4, -0.2) is 28.3 Å². The maximum Gasteiger partial charge on any atom is 0.238 e. The number of benzene rings is 2. The van der Waals surface area contributed by atoms with Gasteiger partial charge in [-0.2, -0.15) is 0 Å². The lowest BCUT2D eigenvalue weighted by Gasteiger charge is -2.22. The second kappa shape index (κ2) is 9.21. The quantitative estimate of drug-likeness (QED) is 0.155. The van der Waals surface area contributed by atoms with Crippen LogP contribution in [0.5, 0.6) is 0 Å². The summed E-state index contributed by atoms with van der Waals surface area (Å²) in [4.78, 5) is 45.3. The average Bonchev–Trinajstić information content (AvgIpc) is 3.70. The summed E-state index contributed by atoms with van der Waals surface area (Å²) < 4.78 is 1.74. The normalized spacial score (nSPS) is 27.0. The van der Waals surface area contributed by atoms with Crippen LogP contribution < -0.4 is 4.90 Å². The Kier molecular flexibility index (Phi) is 5.81. The van der Waals surface area contributed by atoms with Crippen LogP contribution in [-0.2, 0) is 9.59 Å². The van der Waals surface area contributed by atoms with Gasteiger partial charge in [0.15, 0.2) is 10.1 Å². The third-order valence-corrected chi connectivity index (χ3v) is 10.9. The molecule has 188 valence electrons. The number of thioether (sulfide) groups is 1. The number of Topliss-reactive ketones (excluding diaryl/α,β-unsaturated/α-hetero) is 1. The number of carbonyl (C=O) groups excluding carboxylic acids is 3. The van der Waals surface area contributed by atoms with Gasteiger partial charge in [-0.3, -0.25) is 14.4 Å². The smallest absolute Gasteiger partial charge is 0.238 e. The highest BCUT2D eigenvalue weighted by Crippen LogP contribution is 2.53. The lowest BCUT2D eigenvalue weighted by molar-refractivity contribution is -0.123. The fourth-order valence-electron chi connectivity index (χ4n) is 6.84. The number of aromatic nitrogens is 1. The molecular formula is C30H28N2O3S2. The van der Waals surface area contributed by atoms with Gasteiger partial charge >= 0.3 is 0 Å². The number of ketones is 1. The van der Waals surface area contributed by atoms with Crippen molar-refractivity contribution in [3.05, 3.63) is 65.7 Å². The summed E-state index contributed by atoms with van der Waals surface area (Å²) in [5.41, 5.74) is 3.55. The Hall–Kier alpha value is -2.77. The van der Waals surface area contributed by atoms with Gasteiger partial charge in [0.05, 0.1) is 33.5 Å². The first-order valence-electron chi connectivity index (χ1n) is 13.3. The van der Waals surface area contributed by atoms with E-state index in [1.807, 2.05) is 30.3 Å². The fourth-order valence-corrected chi connectivity index (χ4v) is 8.83. The summed E-state index contributed by atoms with van der Waals surface area (Å²) >= 11 is 2.95. The van der Waals surface area contributed by atoms with Crippen LogP contribution in [0.15, 0.2) is 59.0 Å². The zero-order valence-electron chi connectivity index (χ0n) is 20.5. The summed E-state index contributed by atoms with van der Waals surface area (Å²) in [6.07, 6.45) is 11.6. The van der Waals surface area contributed by atoms with Crippen LogP contribution in [0.25, 0.3) is 10.2 Å². The van der Waals surface area contributed by atoms with E-state index >= 15 is 0 Å². The predicted octanol–water partition coefficient (Wildman–Crippen LogP) is 6.63. The summed E-state index contributed by atoms with van der Waals surface area (Å²) in [6.45, 7) is 0. The van der Waals surface area contributed by atoms with Crippen LogP contribution in [0.3, 0.4) is 0 Å². The van der Waals surface area contributed by atoms with Gasteiger partial charge in [0, 0.05) is 5.56 Å².